The number of anilines is 1. The summed E-state index contributed by atoms with van der Waals surface area (Å²) in [7, 11) is 0. The number of hydrogen-bond donors (Lipinski definition) is 1. The van der Waals surface area contributed by atoms with Crippen molar-refractivity contribution in [3.8, 4) is 5.75 Å². The largest absolute Gasteiger partial charge is 0.435 e. The summed E-state index contributed by atoms with van der Waals surface area (Å²) in [6.45, 7) is 2.43. The third kappa shape index (κ3) is 3.60. The molecule has 22 heavy (non-hydrogen) atoms. The number of carbonyl (C=O) groups excluding carboxylic acids is 1. The number of nitrogens with zero attached hydrogens (tertiary/aromatic N) is 2. The number of halogens is 2. The summed E-state index contributed by atoms with van der Waals surface area (Å²) >= 11 is 0. The Kier molecular flexibility index (Phi) is 4.75. The summed E-state index contributed by atoms with van der Waals surface area (Å²) in [5, 5.41) is 6.86. The van der Waals surface area contributed by atoms with E-state index in [1.165, 1.54) is 18.2 Å². The summed E-state index contributed by atoms with van der Waals surface area (Å²) < 4.78 is 30.3. The number of nitrogens with one attached hydrogen (secondary N) is 1. The Labute approximate surface area is 126 Å². The van der Waals surface area contributed by atoms with Crippen LogP contribution in [0.5, 0.6) is 5.75 Å². The first-order valence-electron chi connectivity index (χ1n) is 6.75. The predicted molar refractivity (Wildman–Crippen MR) is 78.1 cm³/mol. The highest BCUT2D eigenvalue weighted by molar-refractivity contribution is 5.94. The molecular formula is C15H17F2N3O2. The van der Waals surface area contributed by atoms with Gasteiger partial charge in [-0.3, -0.25) is 9.48 Å². The minimum Gasteiger partial charge on any atom is -0.435 e. The van der Waals surface area contributed by atoms with Crippen LogP contribution in [0.15, 0.2) is 30.5 Å². The Balaban J connectivity index is 2.10. The number of benzene rings is 1. The third-order valence-corrected chi connectivity index (χ3v) is 3.30. The molecule has 2 rings (SSSR count). The number of carbonyl (C=O) groups is 1. The van der Waals surface area contributed by atoms with Gasteiger partial charge in [0, 0.05) is 17.6 Å². The fourth-order valence-electron chi connectivity index (χ4n) is 2.09. The van der Waals surface area contributed by atoms with Gasteiger partial charge in [0.2, 0.25) is 5.91 Å². The quantitative estimate of drug-likeness (QED) is 0.922. The lowest BCUT2D eigenvalue weighted by Crippen LogP contribution is -2.25. The number of rotatable bonds is 5. The van der Waals surface area contributed by atoms with Gasteiger partial charge in [0.1, 0.15) is 11.8 Å². The number of ether oxygens (including phenoxy) is 1. The second-order valence-electron chi connectivity index (χ2n) is 4.94. The van der Waals surface area contributed by atoms with Gasteiger partial charge in [0.25, 0.3) is 0 Å². The normalized spacial score (nSPS) is 12.3. The summed E-state index contributed by atoms with van der Waals surface area (Å²) in [4.78, 5) is 12.3. The van der Waals surface area contributed by atoms with Crippen LogP contribution in [-0.4, -0.2) is 22.3 Å². The molecule has 0 saturated heterocycles. The first kappa shape index (κ1) is 15.9. The molecule has 1 aromatic carbocycles. The molecule has 1 N–H and O–H groups in total. The van der Waals surface area contributed by atoms with Crippen LogP contribution in [0.1, 0.15) is 24.2 Å². The van der Waals surface area contributed by atoms with E-state index < -0.39 is 12.7 Å². The molecule has 0 aliphatic rings. The van der Waals surface area contributed by atoms with E-state index in [2.05, 4.69) is 15.2 Å². The lowest BCUT2D eigenvalue weighted by molar-refractivity contribution is -0.119. The molecule has 1 heterocycles. The van der Waals surface area contributed by atoms with Crippen LogP contribution in [0.2, 0.25) is 0 Å². The van der Waals surface area contributed by atoms with Crippen molar-refractivity contribution in [3.63, 3.8) is 0 Å². The Morgan fingerprint density at radius 3 is 2.59 bits per heavy atom. The van der Waals surface area contributed by atoms with Crippen LogP contribution in [0.25, 0.3) is 0 Å². The summed E-state index contributed by atoms with van der Waals surface area (Å²) in [5.41, 5.74) is 2.05. The van der Waals surface area contributed by atoms with E-state index in [4.69, 9.17) is 0 Å². The highest BCUT2D eigenvalue weighted by atomic mass is 19.3. The molecule has 0 spiro atoms. The molecule has 0 radical (unpaired) electrons. The Bertz CT molecular complexity index is 671. The maximum atomic E-state index is 12.3. The molecule has 0 aliphatic heterocycles. The maximum absolute atomic E-state index is 12.3. The zero-order valence-electron chi connectivity index (χ0n) is 12.5. The number of hydrogen-bond acceptors (Lipinski definition) is 3. The molecular weight excluding hydrogens is 292 g/mol. The van der Waals surface area contributed by atoms with Gasteiger partial charge >= 0.3 is 6.61 Å². The molecule has 7 heteroatoms. The summed E-state index contributed by atoms with van der Waals surface area (Å²) in [6.07, 6.45) is 1.63. The standard InChI is InChI=1S/C15H17F2N3O2/c1-9-8-12(22-15(16)17)4-5-13(9)19-14(21)11(3)20-10(2)6-7-18-20/h4-8,11,15H,1-3H3,(H,19,21). The molecule has 0 fully saturated rings. The SMILES string of the molecule is Cc1cc(OC(F)F)ccc1NC(=O)C(C)n1nccc1C. The lowest BCUT2D eigenvalue weighted by Gasteiger charge is -2.16. The van der Waals surface area contributed by atoms with Crippen LogP contribution in [0.4, 0.5) is 14.5 Å². The van der Waals surface area contributed by atoms with Crippen LogP contribution in [0, 0.1) is 13.8 Å². The molecule has 0 aliphatic carbocycles. The minimum atomic E-state index is -2.87. The monoisotopic (exact) mass is 309 g/mol. The van der Waals surface area contributed by atoms with Gasteiger partial charge in [-0.15, -0.1) is 0 Å². The molecule has 1 atom stereocenters. The third-order valence-electron chi connectivity index (χ3n) is 3.30. The highest BCUT2D eigenvalue weighted by Crippen LogP contribution is 2.23. The van der Waals surface area contributed by atoms with E-state index in [0.717, 1.165) is 5.69 Å². The van der Waals surface area contributed by atoms with Crippen LogP contribution in [0.3, 0.4) is 0 Å². The Morgan fingerprint density at radius 2 is 2.05 bits per heavy atom. The average Bonchev–Trinajstić information content (AvgIpc) is 2.86. The highest BCUT2D eigenvalue weighted by Gasteiger charge is 2.18. The van der Waals surface area contributed by atoms with Gasteiger partial charge in [-0.1, -0.05) is 0 Å². The fraction of sp³-hybridized carbons (Fsp3) is 0.333. The molecule has 118 valence electrons. The van der Waals surface area contributed by atoms with E-state index in [0.29, 0.717) is 11.3 Å². The van der Waals surface area contributed by atoms with Gasteiger partial charge in [-0.2, -0.15) is 13.9 Å². The van der Waals surface area contributed by atoms with Gasteiger partial charge in [-0.05, 0) is 50.6 Å². The number of aryl methyl sites for hydroxylation is 2. The van der Waals surface area contributed by atoms with Crippen LogP contribution >= 0.6 is 0 Å². The molecule has 1 amide bonds. The van der Waals surface area contributed by atoms with Crippen molar-refractivity contribution in [3.05, 3.63) is 41.7 Å². The van der Waals surface area contributed by atoms with Crippen molar-refractivity contribution in [2.24, 2.45) is 0 Å². The average molecular weight is 309 g/mol. The van der Waals surface area contributed by atoms with Crippen LogP contribution < -0.4 is 10.1 Å². The minimum absolute atomic E-state index is 0.0569. The lowest BCUT2D eigenvalue weighted by atomic mass is 10.2. The van der Waals surface area contributed by atoms with Crippen molar-refractivity contribution in [2.45, 2.75) is 33.4 Å². The number of amides is 1. The Morgan fingerprint density at radius 1 is 1.32 bits per heavy atom. The van der Waals surface area contributed by atoms with Crippen molar-refractivity contribution < 1.29 is 18.3 Å². The molecule has 1 aromatic heterocycles. The van der Waals surface area contributed by atoms with Crippen molar-refractivity contribution in [2.75, 3.05) is 5.32 Å². The van der Waals surface area contributed by atoms with Gasteiger partial charge in [0.15, 0.2) is 0 Å². The van der Waals surface area contributed by atoms with Crippen LogP contribution in [-0.2, 0) is 4.79 Å². The van der Waals surface area contributed by atoms with E-state index in [1.807, 2.05) is 13.0 Å². The van der Waals surface area contributed by atoms with Gasteiger partial charge < -0.3 is 10.1 Å². The Hall–Kier alpha value is -2.44. The summed E-state index contributed by atoms with van der Waals surface area (Å²) in [6, 6.07) is 5.70. The topological polar surface area (TPSA) is 56.1 Å². The van der Waals surface area contributed by atoms with Gasteiger partial charge in [-0.25, -0.2) is 0 Å². The van der Waals surface area contributed by atoms with E-state index in [1.54, 1.807) is 24.7 Å². The van der Waals surface area contributed by atoms with Crippen molar-refractivity contribution in [1.29, 1.82) is 0 Å². The summed E-state index contributed by atoms with van der Waals surface area (Å²) in [5.74, 6) is -0.182. The van der Waals surface area contributed by atoms with Crippen molar-refractivity contribution >= 4 is 11.6 Å². The predicted octanol–water partition coefficient (Wildman–Crippen LogP) is 3.30. The number of alkyl halides is 2. The second kappa shape index (κ2) is 6.55. The molecule has 0 bridgehead atoms. The zero-order chi connectivity index (χ0) is 16.3. The fourth-order valence-corrected chi connectivity index (χ4v) is 2.09. The zero-order valence-corrected chi connectivity index (χ0v) is 12.5. The first-order valence-corrected chi connectivity index (χ1v) is 6.75. The first-order chi connectivity index (χ1) is 10.4. The van der Waals surface area contributed by atoms with E-state index in [-0.39, 0.29) is 11.7 Å². The maximum Gasteiger partial charge on any atom is 0.387 e. The smallest absolute Gasteiger partial charge is 0.387 e. The molecule has 5 nitrogen and oxygen atoms in total. The van der Waals surface area contributed by atoms with E-state index in [9.17, 15) is 13.6 Å². The van der Waals surface area contributed by atoms with Gasteiger partial charge in [0.05, 0.1) is 0 Å². The van der Waals surface area contributed by atoms with Crippen molar-refractivity contribution in [1.82, 2.24) is 9.78 Å². The van der Waals surface area contributed by atoms with E-state index >= 15 is 0 Å². The molecule has 2 aromatic rings. The second-order valence-corrected chi connectivity index (χ2v) is 4.94. The molecule has 0 saturated carbocycles. The molecule has 1 unspecified atom stereocenters. The number of aromatic nitrogens is 2.